The van der Waals surface area contributed by atoms with Crippen molar-refractivity contribution in [3.63, 3.8) is 0 Å². The molecule has 0 aliphatic carbocycles. The summed E-state index contributed by atoms with van der Waals surface area (Å²) in [7, 11) is 1.98. The number of likely N-dealkylation sites (N-methyl/N-ethyl adjacent to an activating group) is 1. The second kappa shape index (κ2) is 6.35. The van der Waals surface area contributed by atoms with E-state index in [1.165, 1.54) is 5.56 Å². The second-order valence-corrected chi connectivity index (χ2v) is 8.95. The van der Waals surface area contributed by atoms with Crippen molar-refractivity contribution in [2.45, 2.75) is 23.1 Å². The molecular formula is C20H18Cl3NO. The summed E-state index contributed by atoms with van der Waals surface area (Å²) in [5, 5.41) is 0. The Morgan fingerprint density at radius 3 is 2.20 bits per heavy atom. The van der Waals surface area contributed by atoms with E-state index in [2.05, 4.69) is 30.9 Å². The number of nitrogens with zero attached hydrogens (tertiary/aromatic N) is 1. The molecule has 5 heteroatoms. The molecule has 0 bridgehead atoms. The highest BCUT2D eigenvalue weighted by molar-refractivity contribution is 6.66. The molecule has 0 atom stereocenters. The minimum atomic E-state index is -1.49. The van der Waals surface area contributed by atoms with Gasteiger partial charge in [0.2, 0.25) is 3.79 Å². The maximum absolute atomic E-state index is 12.7. The zero-order valence-corrected chi connectivity index (χ0v) is 16.5. The van der Waals surface area contributed by atoms with Gasteiger partial charge in [0, 0.05) is 41.1 Å². The topological polar surface area (TPSA) is 20.3 Å². The van der Waals surface area contributed by atoms with Crippen molar-refractivity contribution in [1.29, 1.82) is 0 Å². The van der Waals surface area contributed by atoms with Crippen molar-refractivity contribution in [3.8, 4) is 0 Å². The molecule has 2 nitrogen and oxygen atoms in total. The molecule has 130 valence electrons. The average molecular weight is 395 g/mol. The molecular weight excluding hydrogens is 377 g/mol. The minimum Gasteiger partial charge on any atom is -0.347 e. The van der Waals surface area contributed by atoms with Crippen molar-refractivity contribution in [2.24, 2.45) is 0 Å². The van der Waals surface area contributed by atoms with Gasteiger partial charge in [-0.1, -0.05) is 91.1 Å². The van der Waals surface area contributed by atoms with E-state index in [-0.39, 0.29) is 11.2 Å². The lowest BCUT2D eigenvalue weighted by atomic mass is 9.83. The summed E-state index contributed by atoms with van der Waals surface area (Å²) in [5.41, 5.74) is 4.15. The van der Waals surface area contributed by atoms with Crippen LogP contribution in [0.3, 0.4) is 0 Å². The van der Waals surface area contributed by atoms with E-state index in [0.717, 1.165) is 11.4 Å². The van der Waals surface area contributed by atoms with Gasteiger partial charge in [-0.25, -0.2) is 0 Å². The normalized spacial score (nSPS) is 17.7. The lowest BCUT2D eigenvalue weighted by molar-refractivity contribution is 0.104. The summed E-state index contributed by atoms with van der Waals surface area (Å²) in [4.78, 5) is 14.8. The standard InChI is InChI=1S/C20H18Cl3NO/c1-19(2)15-6-4-5-7-16(15)24(3)18(19)12-17(25)13-8-10-14(11-9-13)20(21,22)23/h4-12H,1-3H3/b18-12+. The van der Waals surface area contributed by atoms with E-state index >= 15 is 0 Å². The number of allylic oxidation sites excluding steroid dienone is 2. The van der Waals surface area contributed by atoms with Gasteiger partial charge in [0.25, 0.3) is 0 Å². The fourth-order valence-electron chi connectivity index (χ4n) is 3.29. The Balaban J connectivity index is 1.94. The molecule has 0 saturated carbocycles. The first-order valence-corrected chi connectivity index (χ1v) is 9.03. The minimum absolute atomic E-state index is 0.0707. The molecule has 1 heterocycles. The Kier molecular flexibility index (Phi) is 4.65. The third-order valence-electron chi connectivity index (χ3n) is 4.71. The number of alkyl halides is 3. The maximum atomic E-state index is 12.7. The Bertz CT molecular complexity index is 848. The summed E-state index contributed by atoms with van der Waals surface area (Å²) in [6.07, 6.45) is 1.70. The zero-order chi connectivity index (χ0) is 18.4. The fraction of sp³-hybridized carbons (Fsp3) is 0.250. The Labute approximate surface area is 163 Å². The van der Waals surface area contributed by atoms with Crippen molar-refractivity contribution < 1.29 is 4.79 Å². The number of halogens is 3. The number of hydrogen-bond donors (Lipinski definition) is 0. The van der Waals surface area contributed by atoms with Crippen LogP contribution in [0.4, 0.5) is 5.69 Å². The number of ketones is 1. The first-order chi connectivity index (χ1) is 11.6. The number of fused-ring (bicyclic) bond motifs is 1. The predicted molar refractivity (Wildman–Crippen MR) is 106 cm³/mol. The quantitative estimate of drug-likeness (QED) is 0.353. The predicted octanol–water partition coefficient (Wildman–Crippen LogP) is 6.01. The third kappa shape index (κ3) is 3.31. The van der Waals surface area contributed by atoms with Gasteiger partial charge in [0.05, 0.1) is 0 Å². The van der Waals surface area contributed by atoms with Gasteiger partial charge >= 0.3 is 0 Å². The van der Waals surface area contributed by atoms with Crippen LogP contribution in [0.5, 0.6) is 0 Å². The third-order valence-corrected chi connectivity index (χ3v) is 5.36. The van der Waals surface area contributed by atoms with E-state index < -0.39 is 3.79 Å². The molecule has 0 saturated heterocycles. The van der Waals surface area contributed by atoms with Gasteiger partial charge in [-0.05, 0) is 11.6 Å². The number of anilines is 1. The molecule has 0 fully saturated rings. The smallest absolute Gasteiger partial charge is 0.216 e. The molecule has 0 unspecified atom stereocenters. The van der Waals surface area contributed by atoms with Crippen LogP contribution >= 0.6 is 34.8 Å². The lowest BCUT2D eigenvalue weighted by Gasteiger charge is -2.24. The highest BCUT2D eigenvalue weighted by atomic mass is 35.6. The van der Waals surface area contributed by atoms with Crippen LogP contribution < -0.4 is 4.90 Å². The summed E-state index contributed by atoms with van der Waals surface area (Å²) >= 11 is 17.6. The van der Waals surface area contributed by atoms with Crippen LogP contribution in [-0.2, 0) is 9.21 Å². The average Bonchev–Trinajstić information content (AvgIpc) is 2.75. The van der Waals surface area contributed by atoms with Crippen LogP contribution in [0.25, 0.3) is 0 Å². The van der Waals surface area contributed by atoms with E-state index in [0.29, 0.717) is 11.1 Å². The first kappa shape index (κ1) is 18.3. The number of hydrogen-bond acceptors (Lipinski definition) is 2. The van der Waals surface area contributed by atoms with Gasteiger partial charge in [-0.2, -0.15) is 0 Å². The highest BCUT2D eigenvalue weighted by Crippen LogP contribution is 2.46. The summed E-state index contributed by atoms with van der Waals surface area (Å²) in [6.45, 7) is 4.25. The second-order valence-electron chi connectivity index (χ2n) is 6.67. The van der Waals surface area contributed by atoms with Gasteiger partial charge in [0.15, 0.2) is 5.78 Å². The molecule has 2 aromatic rings. The van der Waals surface area contributed by atoms with Gasteiger partial charge in [0.1, 0.15) is 0 Å². The molecule has 1 aliphatic heterocycles. The van der Waals surface area contributed by atoms with E-state index in [1.54, 1.807) is 30.3 Å². The number of para-hydroxylation sites is 1. The van der Waals surface area contributed by atoms with E-state index in [1.807, 2.05) is 19.2 Å². The number of rotatable bonds is 2. The number of carbonyl (C=O) groups is 1. The van der Waals surface area contributed by atoms with E-state index in [4.69, 9.17) is 34.8 Å². The van der Waals surface area contributed by atoms with Crippen LogP contribution in [0.2, 0.25) is 0 Å². The van der Waals surface area contributed by atoms with E-state index in [9.17, 15) is 4.79 Å². The SMILES string of the molecule is CN1/C(=C/C(=O)c2ccc(C(Cl)(Cl)Cl)cc2)C(C)(C)c2ccccc21. The molecule has 0 aromatic heterocycles. The molecule has 0 amide bonds. The van der Waals surface area contributed by atoms with Crippen LogP contribution in [0, 0.1) is 0 Å². The zero-order valence-electron chi connectivity index (χ0n) is 14.2. The maximum Gasteiger partial charge on any atom is 0.216 e. The molecule has 2 aromatic carbocycles. The number of carbonyl (C=O) groups excluding carboxylic acids is 1. The summed E-state index contributed by atoms with van der Waals surface area (Å²) < 4.78 is -1.49. The summed E-state index contributed by atoms with van der Waals surface area (Å²) in [6, 6.07) is 14.9. The van der Waals surface area contributed by atoms with Gasteiger partial charge in [-0.3, -0.25) is 4.79 Å². The molecule has 0 radical (unpaired) electrons. The van der Waals surface area contributed by atoms with Gasteiger partial charge < -0.3 is 4.90 Å². The monoisotopic (exact) mass is 393 g/mol. The molecule has 0 spiro atoms. The summed E-state index contributed by atoms with van der Waals surface area (Å²) in [5.74, 6) is -0.0707. The fourth-order valence-corrected chi connectivity index (χ4v) is 3.67. The first-order valence-electron chi connectivity index (χ1n) is 7.89. The molecule has 3 rings (SSSR count). The molecule has 1 aliphatic rings. The van der Waals surface area contributed by atoms with Crippen molar-refractivity contribution in [2.75, 3.05) is 11.9 Å². The highest BCUT2D eigenvalue weighted by Gasteiger charge is 2.38. The Hall–Kier alpha value is -1.48. The van der Waals surface area contributed by atoms with Gasteiger partial charge in [-0.15, -0.1) is 0 Å². The van der Waals surface area contributed by atoms with Crippen molar-refractivity contribution in [1.82, 2.24) is 0 Å². The van der Waals surface area contributed by atoms with Crippen molar-refractivity contribution in [3.05, 3.63) is 77.0 Å². The lowest BCUT2D eigenvalue weighted by Crippen LogP contribution is -2.24. The number of benzene rings is 2. The Morgan fingerprint density at radius 1 is 1.04 bits per heavy atom. The molecule has 25 heavy (non-hydrogen) atoms. The Morgan fingerprint density at radius 2 is 1.64 bits per heavy atom. The molecule has 0 N–H and O–H groups in total. The van der Waals surface area contributed by atoms with Crippen LogP contribution in [0.1, 0.15) is 35.3 Å². The largest absolute Gasteiger partial charge is 0.347 e. The van der Waals surface area contributed by atoms with Crippen LogP contribution in [0.15, 0.2) is 60.3 Å². The van der Waals surface area contributed by atoms with Crippen molar-refractivity contribution >= 4 is 46.3 Å². The van der Waals surface area contributed by atoms with Crippen LogP contribution in [-0.4, -0.2) is 12.8 Å².